The van der Waals surface area contributed by atoms with Gasteiger partial charge in [-0.05, 0) is 62.3 Å². The Morgan fingerprint density at radius 3 is 2.50 bits per heavy atom. The molecular weight excluding hydrogens is 335 g/mol. The third-order valence-electron chi connectivity index (χ3n) is 3.43. The van der Waals surface area contributed by atoms with E-state index in [9.17, 15) is 0 Å². The van der Waals surface area contributed by atoms with E-state index in [0.29, 0.717) is 15.2 Å². The number of hydrogen-bond donors (Lipinski definition) is 2. The minimum absolute atomic E-state index is 0.103. The van der Waals surface area contributed by atoms with Crippen LogP contribution in [0.5, 0.6) is 0 Å². The SMILES string of the molecule is Cc1ccc(C)c(C(C)NC(=S)Nc2ccc(Cl)cc2Cl)c1. The van der Waals surface area contributed by atoms with E-state index in [4.69, 9.17) is 35.4 Å². The van der Waals surface area contributed by atoms with Crippen LogP contribution in [0.4, 0.5) is 5.69 Å². The second-order valence-electron chi connectivity index (χ2n) is 5.30. The van der Waals surface area contributed by atoms with Gasteiger partial charge in [-0.15, -0.1) is 0 Å². The van der Waals surface area contributed by atoms with Crippen molar-refractivity contribution in [3.63, 3.8) is 0 Å². The summed E-state index contributed by atoms with van der Waals surface area (Å²) in [6.45, 7) is 6.26. The number of benzene rings is 2. The summed E-state index contributed by atoms with van der Waals surface area (Å²) in [5.74, 6) is 0. The van der Waals surface area contributed by atoms with Crippen LogP contribution in [0, 0.1) is 13.8 Å². The van der Waals surface area contributed by atoms with E-state index in [1.54, 1.807) is 18.2 Å². The molecule has 2 nitrogen and oxygen atoms in total. The largest absolute Gasteiger partial charge is 0.356 e. The molecule has 0 aliphatic carbocycles. The molecule has 0 aromatic heterocycles. The van der Waals surface area contributed by atoms with Gasteiger partial charge < -0.3 is 10.6 Å². The Kier molecular flexibility index (Phi) is 5.68. The van der Waals surface area contributed by atoms with E-state index in [1.165, 1.54) is 16.7 Å². The van der Waals surface area contributed by atoms with Crippen molar-refractivity contribution in [2.24, 2.45) is 0 Å². The Hall–Kier alpha value is -1.29. The summed E-state index contributed by atoms with van der Waals surface area (Å²) in [4.78, 5) is 0. The third kappa shape index (κ3) is 4.35. The first-order valence-corrected chi connectivity index (χ1v) is 8.13. The zero-order valence-corrected chi connectivity index (χ0v) is 15.0. The van der Waals surface area contributed by atoms with Crippen LogP contribution in [0.3, 0.4) is 0 Å². The molecule has 2 aromatic carbocycles. The molecule has 22 heavy (non-hydrogen) atoms. The van der Waals surface area contributed by atoms with Crippen LogP contribution in [0.15, 0.2) is 36.4 Å². The summed E-state index contributed by atoms with van der Waals surface area (Å²) in [5, 5.41) is 8.04. The predicted octanol–water partition coefficient (Wildman–Crippen LogP) is 5.66. The molecule has 0 aliphatic rings. The highest BCUT2D eigenvalue weighted by Crippen LogP contribution is 2.25. The molecule has 2 aromatic rings. The van der Waals surface area contributed by atoms with Gasteiger partial charge in [0.1, 0.15) is 0 Å². The van der Waals surface area contributed by atoms with Crippen molar-refractivity contribution in [1.82, 2.24) is 5.32 Å². The second-order valence-corrected chi connectivity index (χ2v) is 6.56. The Morgan fingerprint density at radius 1 is 1.09 bits per heavy atom. The van der Waals surface area contributed by atoms with Gasteiger partial charge in [-0.1, -0.05) is 47.0 Å². The zero-order valence-electron chi connectivity index (χ0n) is 12.7. The van der Waals surface area contributed by atoms with Gasteiger partial charge in [0.15, 0.2) is 5.11 Å². The Labute approximate surface area is 146 Å². The van der Waals surface area contributed by atoms with Crippen molar-refractivity contribution in [2.45, 2.75) is 26.8 Å². The molecule has 0 radical (unpaired) electrons. The first kappa shape index (κ1) is 17.1. The van der Waals surface area contributed by atoms with Crippen molar-refractivity contribution in [3.8, 4) is 0 Å². The summed E-state index contributed by atoms with van der Waals surface area (Å²) < 4.78 is 0. The van der Waals surface area contributed by atoms with E-state index < -0.39 is 0 Å². The van der Waals surface area contributed by atoms with Gasteiger partial charge in [0, 0.05) is 5.02 Å². The van der Waals surface area contributed by atoms with Crippen LogP contribution >= 0.6 is 35.4 Å². The maximum Gasteiger partial charge on any atom is 0.171 e. The van der Waals surface area contributed by atoms with Crippen LogP contribution in [0.25, 0.3) is 0 Å². The van der Waals surface area contributed by atoms with E-state index >= 15 is 0 Å². The van der Waals surface area contributed by atoms with Crippen LogP contribution in [0.2, 0.25) is 10.0 Å². The van der Waals surface area contributed by atoms with E-state index in [2.05, 4.69) is 49.6 Å². The third-order valence-corrected chi connectivity index (χ3v) is 4.20. The molecule has 0 bridgehead atoms. The monoisotopic (exact) mass is 352 g/mol. The lowest BCUT2D eigenvalue weighted by molar-refractivity contribution is 0.716. The summed E-state index contributed by atoms with van der Waals surface area (Å²) in [5.41, 5.74) is 4.43. The molecule has 2 N–H and O–H groups in total. The van der Waals surface area contributed by atoms with Gasteiger partial charge in [-0.2, -0.15) is 0 Å². The highest BCUT2D eigenvalue weighted by atomic mass is 35.5. The fraction of sp³-hybridized carbons (Fsp3) is 0.235. The number of aryl methyl sites for hydroxylation is 2. The van der Waals surface area contributed by atoms with Crippen molar-refractivity contribution in [1.29, 1.82) is 0 Å². The topological polar surface area (TPSA) is 24.1 Å². The average molecular weight is 353 g/mol. The second kappa shape index (κ2) is 7.32. The predicted molar refractivity (Wildman–Crippen MR) is 100 cm³/mol. The Bertz CT molecular complexity index is 701. The lowest BCUT2D eigenvalue weighted by atomic mass is 10.0. The highest BCUT2D eigenvalue weighted by molar-refractivity contribution is 7.80. The van der Waals surface area contributed by atoms with Gasteiger partial charge in [0.25, 0.3) is 0 Å². The normalized spacial score (nSPS) is 11.9. The first-order valence-electron chi connectivity index (χ1n) is 6.96. The lowest BCUT2D eigenvalue weighted by Crippen LogP contribution is -2.31. The van der Waals surface area contributed by atoms with Crippen molar-refractivity contribution < 1.29 is 0 Å². The average Bonchev–Trinajstić information content (AvgIpc) is 2.44. The van der Waals surface area contributed by atoms with Crippen LogP contribution in [-0.2, 0) is 0 Å². The molecule has 1 atom stereocenters. The number of thiocarbonyl (C=S) groups is 1. The van der Waals surface area contributed by atoms with E-state index in [1.807, 2.05) is 0 Å². The first-order chi connectivity index (χ1) is 10.4. The lowest BCUT2D eigenvalue weighted by Gasteiger charge is -2.20. The number of hydrogen-bond acceptors (Lipinski definition) is 1. The molecule has 0 spiro atoms. The summed E-state index contributed by atoms with van der Waals surface area (Å²) in [6, 6.07) is 11.8. The van der Waals surface area contributed by atoms with Crippen molar-refractivity contribution in [2.75, 3.05) is 5.32 Å². The molecule has 5 heteroatoms. The van der Waals surface area contributed by atoms with Gasteiger partial charge in [0.2, 0.25) is 0 Å². The fourth-order valence-corrected chi connectivity index (χ4v) is 2.99. The molecule has 0 saturated heterocycles. The van der Waals surface area contributed by atoms with E-state index in [-0.39, 0.29) is 6.04 Å². The molecule has 2 rings (SSSR count). The molecular formula is C17H18Cl2N2S. The van der Waals surface area contributed by atoms with Gasteiger partial charge in [-0.25, -0.2) is 0 Å². The maximum absolute atomic E-state index is 6.14. The van der Waals surface area contributed by atoms with Crippen molar-refractivity contribution >= 4 is 46.2 Å². The standard InChI is InChI=1S/C17H18Cl2N2S/c1-10-4-5-11(2)14(8-10)12(3)20-17(22)21-16-7-6-13(18)9-15(16)19/h4-9,12H,1-3H3,(H2,20,21,22). The smallest absolute Gasteiger partial charge is 0.171 e. The zero-order chi connectivity index (χ0) is 16.3. The Balaban J connectivity index is 2.06. The van der Waals surface area contributed by atoms with Crippen LogP contribution in [0.1, 0.15) is 29.7 Å². The number of nitrogens with one attached hydrogen (secondary N) is 2. The molecule has 0 amide bonds. The van der Waals surface area contributed by atoms with Crippen LogP contribution < -0.4 is 10.6 Å². The molecule has 0 fully saturated rings. The van der Waals surface area contributed by atoms with Gasteiger partial charge in [-0.3, -0.25) is 0 Å². The number of rotatable bonds is 3. The molecule has 1 unspecified atom stereocenters. The Morgan fingerprint density at radius 2 is 1.82 bits per heavy atom. The van der Waals surface area contributed by atoms with E-state index in [0.717, 1.165) is 5.69 Å². The summed E-state index contributed by atoms with van der Waals surface area (Å²) in [7, 11) is 0. The summed E-state index contributed by atoms with van der Waals surface area (Å²) >= 11 is 17.4. The van der Waals surface area contributed by atoms with Gasteiger partial charge >= 0.3 is 0 Å². The highest BCUT2D eigenvalue weighted by Gasteiger charge is 2.11. The number of halogens is 2. The van der Waals surface area contributed by atoms with Crippen molar-refractivity contribution in [3.05, 3.63) is 63.1 Å². The minimum Gasteiger partial charge on any atom is -0.356 e. The minimum atomic E-state index is 0.103. The molecule has 116 valence electrons. The fourth-order valence-electron chi connectivity index (χ4n) is 2.25. The molecule has 0 heterocycles. The van der Waals surface area contributed by atoms with Crippen LogP contribution in [-0.4, -0.2) is 5.11 Å². The maximum atomic E-state index is 6.14. The quantitative estimate of drug-likeness (QED) is 0.697. The molecule has 0 saturated carbocycles. The van der Waals surface area contributed by atoms with Gasteiger partial charge in [0.05, 0.1) is 16.8 Å². The number of anilines is 1. The molecule has 0 aliphatic heterocycles. The summed E-state index contributed by atoms with van der Waals surface area (Å²) in [6.07, 6.45) is 0.